The molecule has 1 unspecified atom stereocenters. The van der Waals surface area contributed by atoms with Gasteiger partial charge in [-0.3, -0.25) is 9.69 Å². The number of carbonyl (C=O) groups is 1. The molecule has 0 aromatic heterocycles. The summed E-state index contributed by atoms with van der Waals surface area (Å²) in [7, 11) is 1.68. The van der Waals surface area contributed by atoms with Gasteiger partial charge in [0.15, 0.2) is 0 Å². The van der Waals surface area contributed by atoms with Crippen molar-refractivity contribution in [3.8, 4) is 5.75 Å². The van der Waals surface area contributed by atoms with Crippen LogP contribution in [0, 0.1) is 5.41 Å². The van der Waals surface area contributed by atoms with E-state index in [1.165, 1.54) is 0 Å². The number of amides is 1. The summed E-state index contributed by atoms with van der Waals surface area (Å²) in [4.78, 5) is 16.8. The van der Waals surface area contributed by atoms with E-state index in [9.17, 15) is 4.79 Å². The molecule has 2 aromatic carbocycles. The minimum absolute atomic E-state index is 0.219. The number of para-hydroxylation sites is 1. The van der Waals surface area contributed by atoms with E-state index in [2.05, 4.69) is 19.9 Å². The largest absolute Gasteiger partial charge is 0.497 e. The number of thioether (sulfide) groups is 1. The number of methoxy groups -OCH3 is 1. The molecular formula is C22H27NO2S. The van der Waals surface area contributed by atoms with Crippen LogP contribution in [-0.2, 0) is 4.79 Å². The van der Waals surface area contributed by atoms with E-state index in [0.29, 0.717) is 0 Å². The number of fused-ring (bicyclic) bond motifs is 1. The van der Waals surface area contributed by atoms with Crippen LogP contribution in [0.25, 0.3) is 0 Å². The Bertz CT molecular complexity index is 762. The van der Waals surface area contributed by atoms with Crippen LogP contribution in [-0.4, -0.2) is 18.8 Å². The minimum atomic E-state index is -0.331. The van der Waals surface area contributed by atoms with Crippen LogP contribution < -0.4 is 9.64 Å². The smallest absolute Gasteiger partial charge is 0.238 e. The first-order chi connectivity index (χ1) is 12.6. The molecule has 2 aromatic rings. The minimum Gasteiger partial charge on any atom is -0.497 e. The van der Waals surface area contributed by atoms with Gasteiger partial charge in [-0.1, -0.05) is 44.9 Å². The van der Waals surface area contributed by atoms with Gasteiger partial charge in [0.2, 0.25) is 5.91 Å². The Morgan fingerprint density at radius 1 is 1.15 bits per heavy atom. The van der Waals surface area contributed by atoms with Crippen LogP contribution >= 0.6 is 11.8 Å². The zero-order valence-corrected chi connectivity index (χ0v) is 16.6. The van der Waals surface area contributed by atoms with Gasteiger partial charge < -0.3 is 4.74 Å². The van der Waals surface area contributed by atoms with Gasteiger partial charge in [0.05, 0.1) is 18.2 Å². The average Bonchev–Trinajstić information content (AvgIpc) is 2.81. The van der Waals surface area contributed by atoms with Crippen molar-refractivity contribution in [3.05, 3.63) is 48.5 Å². The van der Waals surface area contributed by atoms with Crippen LogP contribution in [0.3, 0.4) is 0 Å². The summed E-state index contributed by atoms with van der Waals surface area (Å²) in [6.45, 7) is 4.33. The maximum Gasteiger partial charge on any atom is 0.238 e. The number of benzene rings is 2. The molecule has 1 atom stereocenters. The Kier molecular flexibility index (Phi) is 5.92. The molecule has 1 heterocycles. The molecule has 0 saturated carbocycles. The van der Waals surface area contributed by atoms with Gasteiger partial charge in [-0.2, -0.15) is 0 Å². The van der Waals surface area contributed by atoms with E-state index >= 15 is 0 Å². The van der Waals surface area contributed by atoms with Crippen LogP contribution in [0.15, 0.2) is 53.4 Å². The molecule has 0 spiro atoms. The van der Waals surface area contributed by atoms with Crippen LogP contribution in [0.5, 0.6) is 5.75 Å². The second kappa shape index (κ2) is 8.17. The van der Waals surface area contributed by atoms with Gasteiger partial charge in [-0.15, -0.1) is 11.8 Å². The fourth-order valence-electron chi connectivity index (χ4n) is 3.50. The lowest BCUT2D eigenvalue weighted by Crippen LogP contribution is -2.42. The van der Waals surface area contributed by atoms with E-state index in [0.717, 1.165) is 53.5 Å². The molecule has 0 N–H and O–H groups in total. The Morgan fingerprint density at radius 2 is 1.92 bits per heavy atom. The molecule has 1 aliphatic heterocycles. The highest BCUT2D eigenvalue weighted by atomic mass is 32.2. The first-order valence-electron chi connectivity index (χ1n) is 9.35. The predicted molar refractivity (Wildman–Crippen MR) is 110 cm³/mol. The quantitative estimate of drug-likeness (QED) is 0.620. The summed E-state index contributed by atoms with van der Waals surface area (Å²) in [5.41, 5.74) is 1.56. The Hall–Kier alpha value is -1.94. The summed E-state index contributed by atoms with van der Waals surface area (Å²) < 4.78 is 5.42. The van der Waals surface area contributed by atoms with Crippen molar-refractivity contribution < 1.29 is 9.53 Å². The van der Waals surface area contributed by atoms with Crippen LogP contribution in [0.2, 0.25) is 0 Å². The zero-order chi connectivity index (χ0) is 18.6. The van der Waals surface area contributed by atoms with E-state index in [1.807, 2.05) is 47.4 Å². The SMILES string of the molecule is CCCCC1(CC)CSc2cc(OC)ccc2N(c2ccccc2)C1=O. The molecule has 0 fully saturated rings. The highest BCUT2D eigenvalue weighted by molar-refractivity contribution is 7.99. The zero-order valence-electron chi connectivity index (χ0n) is 15.8. The normalized spacial score (nSPS) is 19.8. The van der Waals surface area contributed by atoms with Crippen molar-refractivity contribution in [3.63, 3.8) is 0 Å². The second-order valence-corrected chi connectivity index (χ2v) is 7.85. The number of hydrogen-bond acceptors (Lipinski definition) is 3. The van der Waals surface area contributed by atoms with Gasteiger partial charge in [0, 0.05) is 16.3 Å². The van der Waals surface area contributed by atoms with Crippen LogP contribution in [0.1, 0.15) is 39.5 Å². The van der Waals surface area contributed by atoms with E-state index in [4.69, 9.17) is 4.74 Å². The molecule has 138 valence electrons. The predicted octanol–water partition coefficient (Wildman–Crippen LogP) is 6.05. The molecule has 3 rings (SSSR count). The number of anilines is 2. The highest BCUT2D eigenvalue weighted by Gasteiger charge is 2.43. The topological polar surface area (TPSA) is 29.5 Å². The number of nitrogens with zero attached hydrogens (tertiary/aromatic N) is 1. The molecule has 0 aliphatic carbocycles. The molecule has 0 bridgehead atoms. The van der Waals surface area contributed by atoms with Crippen molar-refractivity contribution in [2.45, 2.75) is 44.4 Å². The standard InChI is InChI=1S/C22H27NO2S/c1-4-6-14-22(5-2)16-26-20-15-18(25-3)12-13-19(20)23(21(22)24)17-10-8-7-9-11-17/h7-13,15H,4-6,14,16H2,1-3H3. The van der Waals surface area contributed by atoms with Crippen molar-refractivity contribution >= 4 is 29.0 Å². The first-order valence-corrected chi connectivity index (χ1v) is 10.3. The third kappa shape index (κ3) is 3.48. The van der Waals surface area contributed by atoms with Crippen molar-refractivity contribution in [1.82, 2.24) is 0 Å². The number of rotatable bonds is 6. The lowest BCUT2D eigenvalue weighted by Gasteiger charge is -2.34. The number of unbranched alkanes of at least 4 members (excludes halogenated alkanes) is 1. The lowest BCUT2D eigenvalue weighted by molar-refractivity contribution is -0.126. The summed E-state index contributed by atoms with van der Waals surface area (Å²) in [5, 5.41) is 0. The van der Waals surface area contributed by atoms with Gasteiger partial charge in [0.25, 0.3) is 0 Å². The van der Waals surface area contributed by atoms with Gasteiger partial charge in [0.1, 0.15) is 5.75 Å². The Morgan fingerprint density at radius 3 is 2.58 bits per heavy atom. The maximum absolute atomic E-state index is 13.8. The Labute approximate surface area is 160 Å². The molecule has 0 radical (unpaired) electrons. The fourth-order valence-corrected chi connectivity index (χ4v) is 4.91. The first kappa shape index (κ1) is 18.8. The summed E-state index contributed by atoms with van der Waals surface area (Å²) >= 11 is 1.78. The van der Waals surface area contributed by atoms with Crippen molar-refractivity contribution in [2.24, 2.45) is 5.41 Å². The Balaban J connectivity index is 2.13. The molecule has 1 amide bonds. The maximum atomic E-state index is 13.8. The molecule has 4 heteroatoms. The highest BCUT2D eigenvalue weighted by Crippen LogP contribution is 2.48. The van der Waals surface area contributed by atoms with E-state index in [1.54, 1.807) is 18.9 Å². The summed E-state index contributed by atoms with van der Waals surface area (Å²) in [6.07, 6.45) is 3.96. The molecule has 0 saturated heterocycles. The number of hydrogen-bond donors (Lipinski definition) is 0. The summed E-state index contributed by atoms with van der Waals surface area (Å²) in [5.74, 6) is 1.86. The molecule has 1 aliphatic rings. The number of ether oxygens (including phenoxy) is 1. The monoisotopic (exact) mass is 369 g/mol. The van der Waals surface area contributed by atoms with Crippen molar-refractivity contribution in [2.75, 3.05) is 17.8 Å². The van der Waals surface area contributed by atoms with Crippen molar-refractivity contribution in [1.29, 1.82) is 0 Å². The van der Waals surface area contributed by atoms with Gasteiger partial charge >= 0.3 is 0 Å². The van der Waals surface area contributed by atoms with E-state index < -0.39 is 0 Å². The lowest BCUT2D eigenvalue weighted by atomic mass is 9.80. The van der Waals surface area contributed by atoms with E-state index in [-0.39, 0.29) is 11.3 Å². The molecular weight excluding hydrogens is 342 g/mol. The third-order valence-corrected chi connectivity index (χ3v) is 6.60. The second-order valence-electron chi connectivity index (χ2n) is 6.84. The van der Waals surface area contributed by atoms with Gasteiger partial charge in [-0.05, 0) is 43.2 Å². The average molecular weight is 370 g/mol. The molecule has 3 nitrogen and oxygen atoms in total. The third-order valence-electron chi connectivity index (χ3n) is 5.27. The molecule has 26 heavy (non-hydrogen) atoms. The fraction of sp³-hybridized carbons (Fsp3) is 0.409. The summed E-state index contributed by atoms with van der Waals surface area (Å²) in [6, 6.07) is 16.0. The van der Waals surface area contributed by atoms with Gasteiger partial charge in [-0.25, -0.2) is 0 Å². The van der Waals surface area contributed by atoms with Crippen LogP contribution in [0.4, 0.5) is 11.4 Å². The number of carbonyl (C=O) groups excluding carboxylic acids is 1.